The molecule has 2 heterocycles. The van der Waals surface area contributed by atoms with Crippen LogP contribution in [0, 0.1) is 4.77 Å². The Kier molecular flexibility index (Phi) is 4.13. The van der Waals surface area contributed by atoms with Gasteiger partial charge in [-0.3, -0.25) is 9.50 Å². The van der Waals surface area contributed by atoms with Crippen LogP contribution in [0.1, 0.15) is 54.6 Å². The summed E-state index contributed by atoms with van der Waals surface area (Å²) in [5, 5.41) is 7.84. The number of nitrogens with zero attached hydrogens (tertiary/aromatic N) is 3. The molecule has 0 atom stereocenters. The molecule has 1 fully saturated rings. The van der Waals surface area contributed by atoms with Crippen LogP contribution in [0.25, 0.3) is 16.9 Å². The third kappa shape index (κ3) is 2.68. The summed E-state index contributed by atoms with van der Waals surface area (Å²) in [5.41, 5.74) is 7.43. The first-order chi connectivity index (χ1) is 14.8. The lowest BCUT2D eigenvalue weighted by atomic mass is 9.62. The van der Waals surface area contributed by atoms with Crippen molar-refractivity contribution in [3.8, 4) is 11.3 Å². The van der Waals surface area contributed by atoms with Crippen LogP contribution in [-0.4, -0.2) is 19.6 Å². The summed E-state index contributed by atoms with van der Waals surface area (Å²) in [6, 6.07) is 19.3. The minimum absolute atomic E-state index is 0.114. The molecule has 4 nitrogen and oxygen atoms in total. The normalized spacial score (nSPS) is 17.1. The molecule has 1 N–H and O–H groups in total. The standard InChI is InChI=1S/C25H24N4S/c30-24-28-27-23-21-22(26-20(29(23)24)15-17-9-3-1-4-10-17)19-12-6-5-11-18(19)16-25(21)13-7-2-8-14-25/h1,3-6,9-12H,2,7-8,13-16H2,(H,28,30). The van der Waals surface area contributed by atoms with Crippen molar-refractivity contribution in [2.75, 3.05) is 0 Å². The Morgan fingerprint density at radius 2 is 1.73 bits per heavy atom. The predicted octanol–water partition coefficient (Wildman–Crippen LogP) is 5.80. The molecule has 0 bridgehead atoms. The van der Waals surface area contributed by atoms with E-state index in [2.05, 4.69) is 58.0 Å². The molecule has 6 rings (SSSR count). The average Bonchev–Trinajstić information content (AvgIpc) is 3.17. The van der Waals surface area contributed by atoms with E-state index in [4.69, 9.17) is 22.3 Å². The van der Waals surface area contributed by atoms with Gasteiger partial charge in [0, 0.05) is 23.0 Å². The highest BCUT2D eigenvalue weighted by Gasteiger charge is 2.43. The van der Waals surface area contributed by atoms with Gasteiger partial charge in [-0.2, -0.15) is 5.10 Å². The molecule has 0 aliphatic heterocycles. The molecule has 0 unspecified atom stereocenters. The van der Waals surface area contributed by atoms with Crippen molar-refractivity contribution in [3.05, 3.63) is 81.9 Å². The molecule has 5 heteroatoms. The first-order valence-corrected chi connectivity index (χ1v) is 11.3. The van der Waals surface area contributed by atoms with Crippen LogP contribution >= 0.6 is 12.2 Å². The fourth-order valence-electron chi connectivity index (χ4n) is 5.64. The Balaban J connectivity index is 1.66. The topological polar surface area (TPSA) is 46.0 Å². The van der Waals surface area contributed by atoms with E-state index in [0.29, 0.717) is 4.77 Å². The van der Waals surface area contributed by atoms with Crippen molar-refractivity contribution in [1.82, 2.24) is 19.6 Å². The number of benzene rings is 2. The molecule has 150 valence electrons. The quantitative estimate of drug-likeness (QED) is 0.423. The molecule has 0 amide bonds. The number of nitrogens with one attached hydrogen (secondary N) is 1. The molecule has 2 aromatic carbocycles. The van der Waals surface area contributed by atoms with Crippen molar-refractivity contribution >= 4 is 17.9 Å². The fraction of sp³-hybridized carbons (Fsp3) is 0.320. The Labute approximate surface area is 181 Å². The highest BCUT2D eigenvalue weighted by molar-refractivity contribution is 7.71. The van der Waals surface area contributed by atoms with Crippen LogP contribution in [0.4, 0.5) is 0 Å². The van der Waals surface area contributed by atoms with E-state index in [1.165, 1.54) is 54.4 Å². The molecular weight excluding hydrogens is 388 g/mol. The van der Waals surface area contributed by atoms with Gasteiger partial charge in [-0.25, -0.2) is 4.98 Å². The summed E-state index contributed by atoms with van der Waals surface area (Å²) in [6.07, 6.45) is 8.06. The number of hydrogen-bond donors (Lipinski definition) is 1. The molecule has 4 aromatic rings. The number of hydrogen-bond acceptors (Lipinski definition) is 3. The van der Waals surface area contributed by atoms with Crippen molar-refractivity contribution in [3.63, 3.8) is 0 Å². The van der Waals surface area contributed by atoms with Gasteiger partial charge in [-0.1, -0.05) is 73.9 Å². The monoisotopic (exact) mass is 412 g/mol. The summed E-state index contributed by atoms with van der Waals surface area (Å²) in [5.74, 6) is 0.955. The van der Waals surface area contributed by atoms with E-state index in [-0.39, 0.29) is 5.41 Å². The minimum Gasteiger partial charge on any atom is -0.255 e. The van der Waals surface area contributed by atoms with Crippen molar-refractivity contribution in [2.45, 2.75) is 50.4 Å². The van der Waals surface area contributed by atoms with Gasteiger partial charge in [0.25, 0.3) is 0 Å². The molecule has 2 aromatic heterocycles. The maximum atomic E-state index is 5.67. The molecule has 2 aliphatic carbocycles. The highest BCUT2D eigenvalue weighted by atomic mass is 32.1. The zero-order chi connectivity index (χ0) is 20.1. The first-order valence-electron chi connectivity index (χ1n) is 10.9. The lowest BCUT2D eigenvalue weighted by Crippen LogP contribution is -2.36. The van der Waals surface area contributed by atoms with Crippen molar-refractivity contribution in [2.24, 2.45) is 0 Å². The number of fused-ring (bicyclic) bond motifs is 6. The molecule has 30 heavy (non-hydrogen) atoms. The SMILES string of the molecule is S=c1[nH]nc2c3c(nc(Cc4ccccc4)n12)-c1ccccc1CC31CCCCC1. The van der Waals surface area contributed by atoms with Gasteiger partial charge in [0.1, 0.15) is 5.82 Å². The van der Waals surface area contributed by atoms with Gasteiger partial charge < -0.3 is 0 Å². The van der Waals surface area contributed by atoms with E-state index >= 15 is 0 Å². The molecule has 1 saturated carbocycles. The zero-order valence-electron chi connectivity index (χ0n) is 16.9. The predicted molar refractivity (Wildman–Crippen MR) is 121 cm³/mol. The van der Waals surface area contributed by atoms with Crippen molar-refractivity contribution in [1.29, 1.82) is 0 Å². The van der Waals surface area contributed by atoms with Crippen LogP contribution in [0.2, 0.25) is 0 Å². The molecular formula is C25H24N4S. The third-order valence-corrected chi connectivity index (χ3v) is 7.25. The summed E-state index contributed by atoms with van der Waals surface area (Å²) in [6.45, 7) is 0. The first kappa shape index (κ1) is 18.0. The molecule has 1 spiro atoms. The summed E-state index contributed by atoms with van der Waals surface area (Å²) >= 11 is 5.67. The number of H-pyrrole nitrogens is 1. The van der Waals surface area contributed by atoms with E-state index in [1.54, 1.807) is 0 Å². The maximum Gasteiger partial charge on any atom is 0.201 e. The Bertz CT molecular complexity index is 1300. The van der Waals surface area contributed by atoms with Crippen LogP contribution in [0.5, 0.6) is 0 Å². The summed E-state index contributed by atoms with van der Waals surface area (Å²) < 4.78 is 2.72. The van der Waals surface area contributed by atoms with Gasteiger partial charge in [0.15, 0.2) is 5.65 Å². The summed E-state index contributed by atoms with van der Waals surface area (Å²) in [7, 11) is 0. The van der Waals surface area contributed by atoms with E-state index in [1.807, 2.05) is 6.07 Å². The van der Waals surface area contributed by atoms with E-state index in [0.717, 1.165) is 30.0 Å². The van der Waals surface area contributed by atoms with Gasteiger partial charge in [0.05, 0.1) is 5.69 Å². The maximum absolute atomic E-state index is 5.67. The van der Waals surface area contributed by atoms with Gasteiger partial charge in [-0.15, -0.1) is 0 Å². The lowest BCUT2D eigenvalue weighted by Gasteiger charge is -2.42. The molecule has 2 aliphatic rings. The number of aromatic nitrogens is 4. The number of aromatic amines is 1. The number of rotatable bonds is 2. The van der Waals surface area contributed by atoms with Gasteiger partial charge in [0.2, 0.25) is 4.77 Å². The second kappa shape index (κ2) is 6.88. The summed E-state index contributed by atoms with van der Waals surface area (Å²) in [4.78, 5) is 5.30. The van der Waals surface area contributed by atoms with Crippen LogP contribution in [0.15, 0.2) is 54.6 Å². The Morgan fingerprint density at radius 3 is 2.57 bits per heavy atom. The second-order valence-electron chi connectivity index (χ2n) is 8.78. The van der Waals surface area contributed by atoms with E-state index in [9.17, 15) is 0 Å². The highest BCUT2D eigenvalue weighted by Crippen LogP contribution is 2.51. The second-order valence-corrected chi connectivity index (χ2v) is 9.16. The minimum atomic E-state index is 0.114. The lowest BCUT2D eigenvalue weighted by molar-refractivity contribution is 0.288. The van der Waals surface area contributed by atoms with E-state index < -0.39 is 0 Å². The zero-order valence-corrected chi connectivity index (χ0v) is 17.7. The van der Waals surface area contributed by atoms with Gasteiger partial charge >= 0.3 is 0 Å². The Hall–Kier alpha value is -2.79. The average molecular weight is 413 g/mol. The molecule has 0 radical (unpaired) electrons. The largest absolute Gasteiger partial charge is 0.255 e. The van der Waals surface area contributed by atoms with Crippen molar-refractivity contribution < 1.29 is 0 Å². The van der Waals surface area contributed by atoms with Gasteiger partial charge in [-0.05, 0) is 42.6 Å². The van der Waals surface area contributed by atoms with Crippen LogP contribution in [-0.2, 0) is 18.3 Å². The van der Waals surface area contributed by atoms with Crippen LogP contribution in [0.3, 0.4) is 0 Å². The third-order valence-electron chi connectivity index (χ3n) is 6.98. The van der Waals surface area contributed by atoms with Crippen LogP contribution < -0.4 is 0 Å². The fourth-order valence-corrected chi connectivity index (χ4v) is 5.88. The Morgan fingerprint density at radius 1 is 0.967 bits per heavy atom. The smallest absolute Gasteiger partial charge is 0.201 e. The molecule has 0 saturated heterocycles.